The molecule has 2 heterocycles. The van der Waals surface area contributed by atoms with Crippen LogP contribution >= 0.6 is 0 Å². The van der Waals surface area contributed by atoms with E-state index in [9.17, 15) is 0 Å². The van der Waals surface area contributed by atoms with Crippen LogP contribution in [0.15, 0.2) is 24.3 Å². The molecule has 4 nitrogen and oxygen atoms in total. The Balaban J connectivity index is 1.54. The van der Waals surface area contributed by atoms with Crippen molar-refractivity contribution in [3.05, 3.63) is 30.1 Å². The van der Waals surface area contributed by atoms with E-state index in [0.29, 0.717) is 5.92 Å². The lowest BCUT2D eigenvalue weighted by atomic mass is 10.2. The molecule has 2 aliphatic rings. The fourth-order valence-corrected chi connectivity index (χ4v) is 3.09. The van der Waals surface area contributed by atoms with Crippen molar-refractivity contribution in [1.29, 1.82) is 0 Å². The van der Waals surface area contributed by atoms with E-state index in [1.807, 2.05) is 0 Å². The van der Waals surface area contributed by atoms with Crippen molar-refractivity contribution < 1.29 is 0 Å². The van der Waals surface area contributed by atoms with Crippen LogP contribution in [0.2, 0.25) is 0 Å². The molecule has 1 saturated carbocycles. The Morgan fingerprint density at radius 1 is 1.10 bits per heavy atom. The Morgan fingerprint density at radius 3 is 2.71 bits per heavy atom. The van der Waals surface area contributed by atoms with E-state index < -0.39 is 0 Å². The maximum atomic E-state index is 4.79. The average molecular weight is 282 g/mol. The monoisotopic (exact) mass is 282 g/mol. The lowest BCUT2D eigenvalue weighted by Gasteiger charge is -2.16. The van der Waals surface area contributed by atoms with Gasteiger partial charge in [0.05, 0.1) is 5.52 Å². The summed E-state index contributed by atoms with van der Waals surface area (Å²) in [5.41, 5.74) is 1.07. The largest absolute Gasteiger partial charge is 0.368 e. The molecule has 110 valence electrons. The van der Waals surface area contributed by atoms with E-state index in [1.54, 1.807) is 0 Å². The summed E-state index contributed by atoms with van der Waals surface area (Å²) in [5, 5.41) is 4.69. The molecule has 1 aromatic carbocycles. The van der Waals surface area contributed by atoms with Gasteiger partial charge in [0, 0.05) is 24.4 Å². The molecular weight excluding hydrogens is 260 g/mol. The van der Waals surface area contributed by atoms with Gasteiger partial charge in [-0.25, -0.2) is 9.97 Å². The van der Waals surface area contributed by atoms with Gasteiger partial charge in [-0.1, -0.05) is 12.1 Å². The highest BCUT2D eigenvalue weighted by atomic mass is 15.2. The van der Waals surface area contributed by atoms with Crippen LogP contribution in [-0.4, -0.2) is 41.0 Å². The number of nitrogens with zero attached hydrogens (tertiary/aromatic N) is 3. The third-order valence-corrected chi connectivity index (χ3v) is 4.48. The van der Waals surface area contributed by atoms with E-state index >= 15 is 0 Å². The van der Waals surface area contributed by atoms with Crippen LogP contribution in [-0.2, 0) is 0 Å². The second kappa shape index (κ2) is 5.60. The summed E-state index contributed by atoms with van der Waals surface area (Å²) in [6, 6.07) is 8.33. The molecule has 0 amide bonds. The minimum atomic E-state index is 0.591. The molecule has 0 atom stereocenters. The molecule has 0 bridgehead atoms. The van der Waals surface area contributed by atoms with Gasteiger partial charge in [-0.2, -0.15) is 0 Å². The molecule has 1 aromatic heterocycles. The number of likely N-dealkylation sites (tertiary alicyclic amines) is 1. The first-order chi connectivity index (χ1) is 10.4. The van der Waals surface area contributed by atoms with Crippen molar-refractivity contribution in [3.8, 4) is 0 Å². The van der Waals surface area contributed by atoms with Crippen molar-refractivity contribution in [3.63, 3.8) is 0 Å². The third-order valence-electron chi connectivity index (χ3n) is 4.48. The summed E-state index contributed by atoms with van der Waals surface area (Å²) in [5.74, 6) is 2.63. The normalized spacial score (nSPS) is 19.2. The maximum Gasteiger partial charge on any atom is 0.137 e. The maximum absolute atomic E-state index is 4.79. The number of fused-ring (bicyclic) bond motifs is 1. The quantitative estimate of drug-likeness (QED) is 0.915. The Hall–Kier alpha value is -1.68. The number of hydrogen-bond acceptors (Lipinski definition) is 4. The highest BCUT2D eigenvalue weighted by molar-refractivity contribution is 5.89. The summed E-state index contributed by atoms with van der Waals surface area (Å²) in [4.78, 5) is 12.0. The molecule has 2 fully saturated rings. The fraction of sp³-hybridized carbons (Fsp3) is 0.529. The van der Waals surface area contributed by atoms with Gasteiger partial charge in [-0.3, -0.25) is 0 Å². The molecule has 1 aliphatic heterocycles. The average Bonchev–Trinajstić information content (AvgIpc) is 3.25. The molecule has 0 spiro atoms. The van der Waals surface area contributed by atoms with Crippen molar-refractivity contribution in [2.45, 2.75) is 31.6 Å². The topological polar surface area (TPSA) is 41.0 Å². The van der Waals surface area contributed by atoms with Gasteiger partial charge < -0.3 is 10.2 Å². The summed E-state index contributed by atoms with van der Waals surface area (Å²) in [7, 11) is 0. The zero-order valence-electron chi connectivity index (χ0n) is 12.4. The van der Waals surface area contributed by atoms with E-state index in [1.165, 1.54) is 38.8 Å². The molecule has 4 rings (SSSR count). The Labute approximate surface area is 125 Å². The van der Waals surface area contributed by atoms with Gasteiger partial charge in [0.15, 0.2) is 0 Å². The standard InChI is InChI=1S/C17H22N4/c1-2-6-15-14(5-1)17(20-16(19-15)13-7-8-13)18-9-12-21-10-3-4-11-21/h1-2,5-6,13H,3-4,7-12H2,(H,18,19,20). The fourth-order valence-electron chi connectivity index (χ4n) is 3.09. The van der Waals surface area contributed by atoms with Crippen LogP contribution in [0.25, 0.3) is 10.9 Å². The van der Waals surface area contributed by atoms with Gasteiger partial charge in [-0.15, -0.1) is 0 Å². The van der Waals surface area contributed by atoms with Crippen molar-refractivity contribution in [1.82, 2.24) is 14.9 Å². The van der Waals surface area contributed by atoms with Crippen LogP contribution in [0.4, 0.5) is 5.82 Å². The number of anilines is 1. The molecule has 1 aliphatic carbocycles. The van der Waals surface area contributed by atoms with Crippen LogP contribution in [0.3, 0.4) is 0 Å². The highest BCUT2D eigenvalue weighted by Gasteiger charge is 2.27. The summed E-state index contributed by atoms with van der Waals surface area (Å²) >= 11 is 0. The second-order valence-electron chi connectivity index (χ2n) is 6.20. The van der Waals surface area contributed by atoms with E-state index in [4.69, 9.17) is 9.97 Å². The van der Waals surface area contributed by atoms with Gasteiger partial charge in [-0.05, 0) is 50.9 Å². The number of nitrogens with one attached hydrogen (secondary N) is 1. The zero-order chi connectivity index (χ0) is 14.1. The SMILES string of the molecule is c1ccc2c(NCCN3CCCC3)nc(C3CC3)nc2c1. The molecular formula is C17H22N4. The molecule has 0 radical (unpaired) electrons. The number of benzene rings is 1. The van der Waals surface area contributed by atoms with Gasteiger partial charge in [0.2, 0.25) is 0 Å². The van der Waals surface area contributed by atoms with Crippen LogP contribution < -0.4 is 5.32 Å². The number of hydrogen-bond donors (Lipinski definition) is 1. The first-order valence-corrected chi connectivity index (χ1v) is 8.13. The summed E-state index contributed by atoms with van der Waals surface area (Å²) in [6.45, 7) is 4.57. The third kappa shape index (κ3) is 2.86. The Morgan fingerprint density at radius 2 is 1.90 bits per heavy atom. The number of rotatable bonds is 5. The Kier molecular flexibility index (Phi) is 3.47. The van der Waals surface area contributed by atoms with Gasteiger partial charge >= 0.3 is 0 Å². The minimum Gasteiger partial charge on any atom is -0.368 e. The van der Waals surface area contributed by atoms with Crippen molar-refractivity contribution >= 4 is 16.7 Å². The highest BCUT2D eigenvalue weighted by Crippen LogP contribution is 2.39. The zero-order valence-corrected chi connectivity index (χ0v) is 12.4. The minimum absolute atomic E-state index is 0.591. The van der Waals surface area contributed by atoms with Crippen LogP contribution in [0.5, 0.6) is 0 Å². The molecule has 2 aromatic rings. The first-order valence-electron chi connectivity index (χ1n) is 8.13. The lowest BCUT2D eigenvalue weighted by Crippen LogP contribution is -2.26. The van der Waals surface area contributed by atoms with Crippen molar-refractivity contribution in [2.75, 3.05) is 31.5 Å². The van der Waals surface area contributed by atoms with E-state index in [-0.39, 0.29) is 0 Å². The molecule has 1 N–H and O–H groups in total. The van der Waals surface area contributed by atoms with E-state index in [0.717, 1.165) is 35.6 Å². The predicted octanol–water partition coefficient (Wildman–Crippen LogP) is 3.01. The molecule has 0 unspecified atom stereocenters. The second-order valence-corrected chi connectivity index (χ2v) is 6.20. The summed E-state index contributed by atoms with van der Waals surface area (Å²) in [6.07, 6.45) is 5.18. The first kappa shape index (κ1) is 13.0. The molecule has 21 heavy (non-hydrogen) atoms. The Bertz CT molecular complexity index is 630. The van der Waals surface area contributed by atoms with Gasteiger partial charge in [0.1, 0.15) is 11.6 Å². The van der Waals surface area contributed by atoms with Crippen LogP contribution in [0.1, 0.15) is 37.4 Å². The lowest BCUT2D eigenvalue weighted by molar-refractivity contribution is 0.352. The molecule has 1 saturated heterocycles. The molecule has 4 heteroatoms. The van der Waals surface area contributed by atoms with Gasteiger partial charge in [0.25, 0.3) is 0 Å². The van der Waals surface area contributed by atoms with E-state index in [2.05, 4.69) is 34.5 Å². The predicted molar refractivity (Wildman–Crippen MR) is 85.7 cm³/mol. The van der Waals surface area contributed by atoms with Crippen LogP contribution in [0, 0.1) is 0 Å². The number of aromatic nitrogens is 2. The van der Waals surface area contributed by atoms with Crippen molar-refractivity contribution in [2.24, 2.45) is 0 Å². The smallest absolute Gasteiger partial charge is 0.137 e. The number of para-hydroxylation sites is 1. The summed E-state index contributed by atoms with van der Waals surface area (Å²) < 4.78 is 0.